The molecule has 1 atom stereocenters. The summed E-state index contributed by atoms with van der Waals surface area (Å²) in [7, 11) is 0. The Morgan fingerprint density at radius 3 is 2.89 bits per heavy atom. The molecule has 18 heavy (non-hydrogen) atoms. The molecule has 1 aliphatic heterocycles. The normalized spacial score (nSPS) is 18.6. The van der Waals surface area contributed by atoms with Crippen LogP contribution in [0.1, 0.15) is 23.6 Å². The molecule has 0 fully saturated rings. The van der Waals surface area contributed by atoms with Crippen LogP contribution in [0.4, 0.5) is 0 Å². The summed E-state index contributed by atoms with van der Waals surface area (Å²) < 4.78 is 1.98. The molecule has 1 unspecified atom stereocenters. The van der Waals surface area contributed by atoms with Crippen molar-refractivity contribution in [1.29, 1.82) is 0 Å². The Balaban J connectivity index is 1.67. The van der Waals surface area contributed by atoms with Crippen molar-refractivity contribution in [2.45, 2.75) is 38.3 Å². The Hall–Kier alpha value is -1.68. The van der Waals surface area contributed by atoms with Gasteiger partial charge in [-0.25, -0.2) is 9.67 Å². The molecule has 1 aromatic heterocycles. The fourth-order valence-corrected chi connectivity index (χ4v) is 2.39. The maximum Gasteiger partial charge on any atom is 0.151 e. The van der Waals surface area contributed by atoms with Gasteiger partial charge in [-0.3, -0.25) is 0 Å². The van der Waals surface area contributed by atoms with Crippen LogP contribution in [0.3, 0.4) is 0 Å². The fourth-order valence-electron chi connectivity index (χ4n) is 2.39. The smallest absolute Gasteiger partial charge is 0.151 e. The number of benzene rings is 1. The average molecular weight is 242 g/mol. The van der Waals surface area contributed by atoms with Crippen molar-refractivity contribution in [1.82, 2.24) is 14.8 Å². The van der Waals surface area contributed by atoms with Gasteiger partial charge < -0.3 is 5.73 Å². The number of rotatable bonds is 3. The van der Waals surface area contributed by atoms with Gasteiger partial charge in [-0.05, 0) is 18.4 Å². The molecule has 0 spiro atoms. The van der Waals surface area contributed by atoms with E-state index in [2.05, 4.69) is 34.3 Å². The molecule has 4 heteroatoms. The lowest BCUT2D eigenvalue weighted by Gasteiger charge is -2.17. The summed E-state index contributed by atoms with van der Waals surface area (Å²) >= 11 is 0. The largest absolute Gasteiger partial charge is 0.326 e. The molecule has 4 nitrogen and oxygen atoms in total. The van der Waals surface area contributed by atoms with E-state index in [-0.39, 0.29) is 6.04 Å². The van der Waals surface area contributed by atoms with Crippen molar-refractivity contribution < 1.29 is 0 Å². The van der Waals surface area contributed by atoms with Gasteiger partial charge in [0.25, 0.3) is 0 Å². The summed E-state index contributed by atoms with van der Waals surface area (Å²) in [5, 5.41) is 4.54. The maximum atomic E-state index is 5.94. The van der Waals surface area contributed by atoms with E-state index in [1.54, 1.807) is 0 Å². The molecule has 2 aromatic rings. The SMILES string of the molecule is NC1CCc2nc(CCc3ccccc3)nn2C1. The first kappa shape index (κ1) is 11.4. The lowest BCUT2D eigenvalue weighted by atomic mass is 10.1. The summed E-state index contributed by atoms with van der Waals surface area (Å²) in [6.45, 7) is 0.813. The molecule has 3 rings (SSSR count). The zero-order valence-electron chi connectivity index (χ0n) is 10.4. The molecule has 0 aliphatic carbocycles. The molecule has 2 N–H and O–H groups in total. The van der Waals surface area contributed by atoms with Crippen molar-refractivity contribution in [2.75, 3.05) is 0 Å². The van der Waals surface area contributed by atoms with Crippen LogP contribution >= 0.6 is 0 Å². The Labute approximate surface area is 107 Å². The Bertz CT molecular complexity index is 518. The van der Waals surface area contributed by atoms with Crippen molar-refractivity contribution >= 4 is 0 Å². The van der Waals surface area contributed by atoms with Crippen LogP contribution in [0.5, 0.6) is 0 Å². The molecule has 1 aliphatic rings. The molecule has 0 amide bonds. The highest BCUT2D eigenvalue weighted by molar-refractivity contribution is 5.15. The van der Waals surface area contributed by atoms with Crippen molar-refractivity contribution in [2.24, 2.45) is 5.73 Å². The van der Waals surface area contributed by atoms with Crippen LogP contribution in [-0.4, -0.2) is 20.8 Å². The molecule has 0 saturated carbocycles. The van der Waals surface area contributed by atoms with Gasteiger partial charge in [0.1, 0.15) is 5.82 Å². The van der Waals surface area contributed by atoms with Gasteiger partial charge in [0, 0.05) is 18.9 Å². The predicted molar refractivity (Wildman–Crippen MR) is 70.2 cm³/mol. The highest BCUT2D eigenvalue weighted by Crippen LogP contribution is 2.12. The van der Waals surface area contributed by atoms with Crippen LogP contribution < -0.4 is 5.73 Å². The summed E-state index contributed by atoms with van der Waals surface area (Å²) in [4.78, 5) is 4.60. The molecule has 1 aromatic carbocycles. The third-order valence-corrected chi connectivity index (χ3v) is 3.42. The Kier molecular flexibility index (Phi) is 3.11. The summed E-state index contributed by atoms with van der Waals surface area (Å²) in [5.41, 5.74) is 7.27. The molecule has 0 bridgehead atoms. The van der Waals surface area contributed by atoms with Gasteiger partial charge in [0.05, 0.1) is 6.54 Å². The third-order valence-electron chi connectivity index (χ3n) is 3.42. The quantitative estimate of drug-likeness (QED) is 0.883. The zero-order chi connectivity index (χ0) is 12.4. The number of nitrogens with zero attached hydrogens (tertiary/aromatic N) is 3. The van der Waals surface area contributed by atoms with E-state index in [0.717, 1.165) is 43.9 Å². The second kappa shape index (κ2) is 4.90. The fraction of sp³-hybridized carbons (Fsp3) is 0.429. The van der Waals surface area contributed by atoms with E-state index in [9.17, 15) is 0 Å². The van der Waals surface area contributed by atoms with E-state index in [1.165, 1.54) is 5.56 Å². The van der Waals surface area contributed by atoms with Gasteiger partial charge in [-0.1, -0.05) is 30.3 Å². The molecular weight excluding hydrogens is 224 g/mol. The molecule has 2 heterocycles. The van der Waals surface area contributed by atoms with E-state index >= 15 is 0 Å². The standard InChI is InChI=1S/C14H18N4/c15-12-7-9-14-16-13(17-18(14)10-12)8-6-11-4-2-1-3-5-11/h1-5,12H,6-10,15H2. The highest BCUT2D eigenvalue weighted by atomic mass is 15.4. The maximum absolute atomic E-state index is 5.94. The topological polar surface area (TPSA) is 56.7 Å². The number of hydrogen-bond acceptors (Lipinski definition) is 3. The molecule has 0 radical (unpaired) electrons. The molecule has 94 valence electrons. The minimum absolute atomic E-state index is 0.237. The zero-order valence-corrected chi connectivity index (χ0v) is 10.4. The van der Waals surface area contributed by atoms with Crippen LogP contribution in [0.15, 0.2) is 30.3 Å². The number of hydrogen-bond donors (Lipinski definition) is 1. The van der Waals surface area contributed by atoms with Gasteiger partial charge in [0.2, 0.25) is 0 Å². The first-order valence-corrected chi connectivity index (χ1v) is 6.53. The molecular formula is C14H18N4. The van der Waals surface area contributed by atoms with E-state index < -0.39 is 0 Å². The monoisotopic (exact) mass is 242 g/mol. The average Bonchev–Trinajstić information content (AvgIpc) is 2.79. The van der Waals surface area contributed by atoms with Crippen molar-refractivity contribution in [3.05, 3.63) is 47.5 Å². The highest BCUT2D eigenvalue weighted by Gasteiger charge is 2.18. The van der Waals surface area contributed by atoms with Gasteiger partial charge in [-0.2, -0.15) is 5.10 Å². The number of nitrogens with two attached hydrogens (primary N) is 1. The minimum atomic E-state index is 0.237. The van der Waals surface area contributed by atoms with Crippen molar-refractivity contribution in [3.8, 4) is 0 Å². The number of aromatic nitrogens is 3. The van der Waals surface area contributed by atoms with E-state index in [4.69, 9.17) is 5.73 Å². The van der Waals surface area contributed by atoms with Crippen LogP contribution in [0, 0.1) is 0 Å². The van der Waals surface area contributed by atoms with E-state index in [0.29, 0.717) is 0 Å². The minimum Gasteiger partial charge on any atom is -0.326 e. The third kappa shape index (κ3) is 2.43. The lowest BCUT2D eigenvalue weighted by molar-refractivity contribution is 0.421. The first-order chi connectivity index (χ1) is 8.81. The Morgan fingerprint density at radius 1 is 1.22 bits per heavy atom. The first-order valence-electron chi connectivity index (χ1n) is 6.53. The van der Waals surface area contributed by atoms with E-state index in [1.807, 2.05) is 10.7 Å². The number of aryl methyl sites for hydroxylation is 3. The predicted octanol–water partition coefficient (Wildman–Crippen LogP) is 1.34. The second-order valence-electron chi connectivity index (χ2n) is 4.91. The second-order valence-corrected chi connectivity index (χ2v) is 4.91. The van der Waals surface area contributed by atoms with Crippen LogP contribution in [0.2, 0.25) is 0 Å². The summed E-state index contributed by atoms with van der Waals surface area (Å²) in [6, 6.07) is 10.7. The summed E-state index contributed by atoms with van der Waals surface area (Å²) in [6.07, 6.45) is 3.88. The van der Waals surface area contributed by atoms with Gasteiger partial charge in [0.15, 0.2) is 5.82 Å². The summed E-state index contributed by atoms with van der Waals surface area (Å²) in [5.74, 6) is 2.04. The van der Waals surface area contributed by atoms with Crippen molar-refractivity contribution in [3.63, 3.8) is 0 Å². The van der Waals surface area contributed by atoms with Gasteiger partial charge >= 0.3 is 0 Å². The lowest BCUT2D eigenvalue weighted by Crippen LogP contribution is -2.32. The molecule has 0 saturated heterocycles. The van der Waals surface area contributed by atoms with Crippen LogP contribution in [0.25, 0.3) is 0 Å². The van der Waals surface area contributed by atoms with Gasteiger partial charge in [-0.15, -0.1) is 0 Å². The Morgan fingerprint density at radius 2 is 2.06 bits per heavy atom. The number of fused-ring (bicyclic) bond motifs is 1. The van der Waals surface area contributed by atoms with Crippen LogP contribution in [-0.2, 0) is 25.8 Å².